The molecule has 4 nitrogen and oxygen atoms in total. The zero-order valence-corrected chi connectivity index (χ0v) is 9.75. The minimum atomic E-state index is -0.217. The standard InChI is InChI=1S/C12H19N3O/c1-2-9-7-11(15-12(16)14-9)8-10-5-3-4-6-13-10/h7,10,13H,2-6,8H2,1H3,(H,14,15,16). The quantitative estimate of drug-likeness (QED) is 0.801. The third-order valence-corrected chi connectivity index (χ3v) is 3.09. The Morgan fingerprint density at radius 3 is 3.06 bits per heavy atom. The SMILES string of the molecule is CCc1cc(CC2CCCCN2)[nH]c(=O)n1. The van der Waals surface area contributed by atoms with Crippen LogP contribution in [0.25, 0.3) is 0 Å². The number of H-pyrrole nitrogens is 1. The van der Waals surface area contributed by atoms with Gasteiger partial charge < -0.3 is 10.3 Å². The lowest BCUT2D eigenvalue weighted by Gasteiger charge is -2.23. The Bertz CT molecular complexity index is 393. The highest BCUT2D eigenvalue weighted by atomic mass is 16.1. The first-order valence-electron chi connectivity index (χ1n) is 6.10. The number of aryl methyl sites for hydroxylation is 1. The van der Waals surface area contributed by atoms with Crippen molar-refractivity contribution in [2.45, 2.75) is 45.1 Å². The van der Waals surface area contributed by atoms with Crippen LogP contribution in [0.15, 0.2) is 10.9 Å². The van der Waals surface area contributed by atoms with Gasteiger partial charge in [0.05, 0.1) is 0 Å². The van der Waals surface area contributed by atoms with Gasteiger partial charge in [-0.05, 0) is 31.9 Å². The zero-order chi connectivity index (χ0) is 11.4. The zero-order valence-electron chi connectivity index (χ0n) is 9.75. The molecular formula is C12H19N3O. The molecule has 4 heteroatoms. The smallest absolute Gasteiger partial charge is 0.314 e. The second-order valence-electron chi connectivity index (χ2n) is 4.41. The number of rotatable bonds is 3. The lowest BCUT2D eigenvalue weighted by atomic mass is 10.0. The molecule has 2 N–H and O–H groups in total. The fourth-order valence-electron chi connectivity index (χ4n) is 2.22. The van der Waals surface area contributed by atoms with E-state index in [0.717, 1.165) is 30.8 Å². The summed E-state index contributed by atoms with van der Waals surface area (Å²) >= 11 is 0. The maximum Gasteiger partial charge on any atom is 0.345 e. The van der Waals surface area contributed by atoms with Gasteiger partial charge in [-0.15, -0.1) is 0 Å². The van der Waals surface area contributed by atoms with E-state index >= 15 is 0 Å². The fourth-order valence-corrected chi connectivity index (χ4v) is 2.22. The van der Waals surface area contributed by atoms with Gasteiger partial charge in [0, 0.05) is 23.9 Å². The molecule has 1 aliphatic rings. The van der Waals surface area contributed by atoms with Crippen molar-refractivity contribution in [3.05, 3.63) is 27.9 Å². The summed E-state index contributed by atoms with van der Waals surface area (Å²) in [6, 6.07) is 2.52. The van der Waals surface area contributed by atoms with Crippen LogP contribution in [-0.2, 0) is 12.8 Å². The van der Waals surface area contributed by atoms with Gasteiger partial charge in [-0.25, -0.2) is 4.79 Å². The Morgan fingerprint density at radius 2 is 2.38 bits per heavy atom. The number of piperidine rings is 1. The molecule has 1 aromatic heterocycles. The summed E-state index contributed by atoms with van der Waals surface area (Å²) in [5.74, 6) is 0. The van der Waals surface area contributed by atoms with Crippen LogP contribution in [0.2, 0.25) is 0 Å². The fraction of sp³-hybridized carbons (Fsp3) is 0.667. The summed E-state index contributed by atoms with van der Waals surface area (Å²) in [5.41, 5.74) is 1.68. The van der Waals surface area contributed by atoms with Crippen LogP contribution in [0.1, 0.15) is 37.6 Å². The molecule has 2 heterocycles. The average Bonchev–Trinajstić information content (AvgIpc) is 2.29. The Hall–Kier alpha value is -1.16. The number of nitrogens with one attached hydrogen (secondary N) is 2. The molecule has 0 aromatic carbocycles. The maximum atomic E-state index is 11.3. The molecule has 0 bridgehead atoms. The molecule has 1 atom stereocenters. The molecule has 0 saturated carbocycles. The van der Waals surface area contributed by atoms with Gasteiger partial charge in [-0.3, -0.25) is 0 Å². The third kappa shape index (κ3) is 2.92. The molecule has 1 unspecified atom stereocenters. The van der Waals surface area contributed by atoms with Crippen molar-refractivity contribution in [2.24, 2.45) is 0 Å². The third-order valence-electron chi connectivity index (χ3n) is 3.09. The molecule has 2 rings (SSSR count). The van der Waals surface area contributed by atoms with E-state index in [-0.39, 0.29) is 5.69 Å². The molecule has 0 amide bonds. The predicted octanol–water partition coefficient (Wildman–Crippen LogP) is 1.02. The lowest BCUT2D eigenvalue weighted by molar-refractivity contribution is 0.396. The van der Waals surface area contributed by atoms with E-state index in [2.05, 4.69) is 15.3 Å². The molecule has 0 spiro atoms. The maximum absolute atomic E-state index is 11.3. The summed E-state index contributed by atoms with van der Waals surface area (Å²) in [6.07, 6.45) is 5.47. The summed E-state index contributed by atoms with van der Waals surface area (Å²) in [5, 5.41) is 3.48. The van der Waals surface area contributed by atoms with Crippen molar-refractivity contribution in [3.8, 4) is 0 Å². The van der Waals surface area contributed by atoms with E-state index in [1.54, 1.807) is 0 Å². The van der Waals surface area contributed by atoms with Crippen LogP contribution in [0.4, 0.5) is 0 Å². The molecule has 16 heavy (non-hydrogen) atoms. The lowest BCUT2D eigenvalue weighted by Crippen LogP contribution is -2.36. The topological polar surface area (TPSA) is 57.8 Å². The monoisotopic (exact) mass is 221 g/mol. The second kappa shape index (κ2) is 5.25. The summed E-state index contributed by atoms with van der Waals surface area (Å²) < 4.78 is 0. The molecule has 1 aliphatic heterocycles. The van der Waals surface area contributed by atoms with Crippen molar-refractivity contribution in [1.82, 2.24) is 15.3 Å². The van der Waals surface area contributed by atoms with Crippen LogP contribution in [-0.4, -0.2) is 22.6 Å². The number of nitrogens with zero attached hydrogens (tertiary/aromatic N) is 1. The van der Waals surface area contributed by atoms with Gasteiger partial charge in [0.2, 0.25) is 0 Å². The van der Waals surface area contributed by atoms with E-state index in [1.807, 2.05) is 13.0 Å². The van der Waals surface area contributed by atoms with Crippen molar-refractivity contribution < 1.29 is 0 Å². The summed E-state index contributed by atoms with van der Waals surface area (Å²) in [7, 11) is 0. The van der Waals surface area contributed by atoms with Crippen molar-refractivity contribution in [3.63, 3.8) is 0 Å². The molecule has 0 aliphatic carbocycles. The highest BCUT2D eigenvalue weighted by Crippen LogP contribution is 2.11. The van der Waals surface area contributed by atoms with E-state index in [4.69, 9.17) is 0 Å². The van der Waals surface area contributed by atoms with E-state index in [9.17, 15) is 4.79 Å². The number of hydrogen-bond donors (Lipinski definition) is 2. The van der Waals surface area contributed by atoms with E-state index in [1.165, 1.54) is 19.3 Å². The normalized spacial score (nSPS) is 20.9. The van der Waals surface area contributed by atoms with Crippen LogP contribution < -0.4 is 11.0 Å². The molecule has 1 saturated heterocycles. The first-order chi connectivity index (χ1) is 7.78. The minimum Gasteiger partial charge on any atom is -0.314 e. The van der Waals surface area contributed by atoms with Gasteiger partial charge in [0.1, 0.15) is 0 Å². The van der Waals surface area contributed by atoms with Gasteiger partial charge in [-0.1, -0.05) is 13.3 Å². The van der Waals surface area contributed by atoms with Crippen LogP contribution >= 0.6 is 0 Å². The highest BCUT2D eigenvalue weighted by molar-refractivity contribution is 5.09. The van der Waals surface area contributed by atoms with Crippen molar-refractivity contribution >= 4 is 0 Å². The van der Waals surface area contributed by atoms with Gasteiger partial charge in [0.15, 0.2) is 0 Å². The van der Waals surface area contributed by atoms with Crippen molar-refractivity contribution in [1.29, 1.82) is 0 Å². The van der Waals surface area contributed by atoms with Crippen LogP contribution in [0.5, 0.6) is 0 Å². The molecule has 88 valence electrons. The molecule has 0 radical (unpaired) electrons. The Morgan fingerprint density at radius 1 is 1.50 bits per heavy atom. The minimum absolute atomic E-state index is 0.217. The van der Waals surface area contributed by atoms with Gasteiger partial charge in [-0.2, -0.15) is 4.98 Å². The van der Waals surface area contributed by atoms with Crippen LogP contribution in [0, 0.1) is 0 Å². The Kier molecular flexibility index (Phi) is 3.72. The van der Waals surface area contributed by atoms with Gasteiger partial charge in [0.25, 0.3) is 0 Å². The Labute approximate surface area is 95.5 Å². The summed E-state index contributed by atoms with van der Waals surface area (Å²) in [4.78, 5) is 18.1. The first kappa shape index (κ1) is 11.3. The second-order valence-corrected chi connectivity index (χ2v) is 4.41. The highest BCUT2D eigenvalue weighted by Gasteiger charge is 2.13. The van der Waals surface area contributed by atoms with Crippen LogP contribution in [0.3, 0.4) is 0 Å². The number of aromatic nitrogens is 2. The first-order valence-corrected chi connectivity index (χ1v) is 6.10. The molecular weight excluding hydrogens is 202 g/mol. The molecule has 1 aromatic rings. The number of aromatic amines is 1. The van der Waals surface area contributed by atoms with Gasteiger partial charge >= 0.3 is 5.69 Å². The largest absolute Gasteiger partial charge is 0.345 e. The summed E-state index contributed by atoms with van der Waals surface area (Å²) in [6.45, 7) is 3.12. The molecule has 1 fully saturated rings. The van der Waals surface area contributed by atoms with E-state index in [0.29, 0.717) is 6.04 Å². The van der Waals surface area contributed by atoms with E-state index < -0.39 is 0 Å². The average molecular weight is 221 g/mol. The number of hydrogen-bond acceptors (Lipinski definition) is 3. The predicted molar refractivity (Wildman–Crippen MR) is 63.6 cm³/mol. The Balaban J connectivity index is 2.07. The van der Waals surface area contributed by atoms with Crippen molar-refractivity contribution in [2.75, 3.05) is 6.54 Å².